The van der Waals surface area contributed by atoms with Crippen molar-refractivity contribution < 1.29 is 9.90 Å². The molecular formula is C17H12N4O2. The Kier molecular flexibility index (Phi) is 3.61. The molecule has 112 valence electrons. The van der Waals surface area contributed by atoms with Gasteiger partial charge in [0.2, 0.25) is 0 Å². The molecule has 1 N–H and O–H groups in total. The summed E-state index contributed by atoms with van der Waals surface area (Å²) in [5.41, 5.74) is 2.97. The SMILES string of the molecule is Cn1cnnc1-c1cc(C#N)ccc1-c1cccc(C(=O)O)c1. The van der Waals surface area contributed by atoms with Crippen molar-refractivity contribution >= 4 is 5.97 Å². The highest BCUT2D eigenvalue weighted by Crippen LogP contribution is 2.32. The fourth-order valence-corrected chi connectivity index (χ4v) is 2.40. The summed E-state index contributed by atoms with van der Waals surface area (Å²) in [6.07, 6.45) is 1.58. The van der Waals surface area contributed by atoms with Crippen LogP contribution in [0.4, 0.5) is 0 Å². The molecule has 0 saturated heterocycles. The first-order valence-electron chi connectivity index (χ1n) is 6.82. The number of aromatic carboxylic acids is 1. The zero-order valence-corrected chi connectivity index (χ0v) is 12.3. The Morgan fingerprint density at radius 2 is 2.04 bits per heavy atom. The Morgan fingerprint density at radius 3 is 2.70 bits per heavy atom. The number of hydrogen-bond donors (Lipinski definition) is 1. The molecule has 0 radical (unpaired) electrons. The Balaban J connectivity index is 2.24. The fourth-order valence-electron chi connectivity index (χ4n) is 2.40. The predicted octanol–water partition coefficient (Wildman–Crippen LogP) is 2.72. The molecule has 0 aliphatic carbocycles. The normalized spacial score (nSPS) is 10.3. The van der Waals surface area contributed by atoms with E-state index in [-0.39, 0.29) is 5.56 Å². The minimum absolute atomic E-state index is 0.204. The lowest BCUT2D eigenvalue weighted by Crippen LogP contribution is -1.98. The topological polar surface area (TPSA) is 91.8 Å². The van der Waals surface area contributed by atoms with Gasteiger partial charge in [0.15, 0.2) is 5.82 Å². The number of hydrogen-bond acceptors (Lipinski definition) is 4. The molecule has 6 nitrogen and oxygen atoms in total. The lowest BCUT2D eigenvalue weighted by atomic mass is 9.96. The highest BCUT2D eigenvalue weighted by atomic mass is 16.4. The summed E-state index contributed by atoms with van der Waals surface area (Å²) in [7, 11) is 1.81. The average molecular weight is 304 g/mol. The van der Waals surface area contributed by atoms with Gasteiger partial charge in [-0.1, -0.05) is 18.2 Å². The van der Waals surface area contributed by atoms with E-state index >= 15 is 0 Å². The smallest absolute Gasteiger partial charge is 0.335 e. The van der Waals surface area contributed by atoms with Gasteiger partial charge in [-0.2, -0.15) is 5.26 Å². The maximum atomic E-state index is 11.2. The average Bonchev–Trinajstić information content (AvgIpc) is 3.00. The molecule has 0 atom stereocenters. The number of carboxylic acid groups (broad SMARTS) is 1. The highest BCUT2D eigenvalue weighted by molar-refractivity contribution is 5.91. The zero-order valence-electron chi connectivity index (χ0n) is 12.3. The maximum Gasteiger partial charge on any atom is 0.335 e. The molecule has 1 aromatic heterocycles. The van der Waals surface area contributed by atoms with E-state index in [2.05, 4.69) is 16.3 Å². The second kappa shape index (κ2) is 5.73. The van der Waals surface area contributed by atoms with Gasteiger partial charge in [-0.3, -0.25) is 0 Å². The molecule has 0 bridgehead atoms. The summed E-state index contributed by atoms with van der Waals surface area (Å²) < 4.78 is 1.75. The number of rotatable bonds is 3. The van der Waals surface area contributed by atoms with Gasteiger partial charge in [0.1, 0.15) is 6.33 Å². The van der Waals surface area contributed by atoms with Crippen molar-refractivity contribution in [1.82, 2.24) is 14.8 Å². The molecule has 0 unspecified atom stereocenters. The largest absolute Gasteiger partial charge is 0.478 e. The maximum absolute atomic E-state index is 11.2. The van der Waals surface area contributed by atoms with Crippen molar-refractivity contribution in [2.24, 2.45) is 7.05 Å². The predicted molar refractivity (Wildman–Crippen MR) is 83.5 cm³/mol. The van der Waals surface area contributed by atoms with Gasteiger partial charge >= 0.3 is 5.97 Å². The number of nitriles is 1. The summed E-state index contributed by atoms with van der Waals surface area (Å²) in [5.74, 6) is -0.376. The molecule has 0 spiro atoms. The van der Waals surface area contributed by atoms with Crippen LogP contribution in [0.2, 0.25) is 0 Å². The van der Waals surface area contributed by atoms with E-state index in [4.69, 9.17) is 10.4 Å². The molecule has 0 amide bonds. The molecule has 0 aliphatic rings. The number of aryl methyl sites for hydroxylation is 1. The lowest BCUT2D eigenvalue weighted by molar-refractivity contribution is 0.0697. The van der Waals surface area contributed by atoms with Crippen molar-refractivity contribution in [3.63, 3.8) is 0 Å². The minimum atomic E-state index is -0.985. The van der Waals surface area contributed by atoms with E-state index in [1.807, 2.05) is 13.1 Å². The second-order valence-corrected chi connectivity index (χ2v) is 5.02. The van der Waals surface area contributed by atoms with Crippen LogP contribution in [0.25, 0.3) is 22.5 Å². The summed E-state index contributed by atoms with van der Waals surface area (Å²) >= 11 is 0. The number of aromatic nitrogens is 3. The first-order valence-corrected chi connectivity index (χ1v) is 6.82. The van der Waals surface area contributed by atoms with E-state index < -0.39 is 5.97 Å². The monoisotopic (exact) mass is 304 g/mol. The van der Waals surface area contributed by atoms with Gasteiger partial charge in [-0.05, 0) is 35.4 Å². The Hall–Kier alpha value is -3.46. The third kappa shape index (κ3) is 2.68. The van der Waals surface area contributed by atoms with Crippen molar-refractivity contribution in [3.8, 4) is 28.6 Å². The summed E-state index contributed by atoms with van der Waals surface area (Å²) in [6.45, 7) is 0. The number of carboxylic acids is 1. The summed E-state index contributed by atoms with van der Waals surface area (Å²) in [5, 5.41) is 26.3. The number of benzene rings is 2. The fraction of sp³-hybridized carbons (Fsp3) is 0.0588. The highest BCUT2D eigenvalue weighted by Gasteiger charge is 2.14. The van der Waals surface area contributed by atoms with E-state index in [9.17, 15) is 4.79 Å². The van der Waals surface area contributed by atoms with Crippen LogP contribution in [-0.4, -0.2) is 25.8 Å². The lowest BCUT2D eigenvalue weighted by Gasteiger charge is -2.10. The van der Waals surface area contributed by atoms with E-state index in [0.717, 1.165) is 16.7 Å². The number of nitrogens with zero attached hydrogens (tertiary/aromatic N) is 4. The van der Waals surface area contributed by atoms with Gasteiger partial charge in [0.25, 0.3) is 0 Å². The van der Waals surface area contributed by atoms with Crippen molar-refractivity contribution in [3.05, 3.63) is 59.9 Å². The van der Waals surface area contributed by atoms with Crippen LogP contribution in [0.5, 0.6) is 0 Å². The molecule has 0 fully saturated rings. The molecule has 0 aliphatic heterocycles. The van der Waals surface area contributed by atoms with Gasteiger partial charge in [0, 0.05) is 12.6 Å². The molecule has 2 aromatic carbocycles. The molecule has 1 heterocycles. The van der Waals surface area contributed by atoms with Gasteiger partial charge in [-0.25, -0.2) is 4.79 Å². The third-order valence-corrected chi connectivity index (χ3v) is 3.52. The van der Waals surface area contributed by atoms with Crippen LogP contribution in [0.3, 0.4) is 0 Å². The molecule has 3 rings (SSSR count). The Labute approximate surface area is 132 Å². The molecule has 6 heteroatoms. The van der Waals surface area contributed by atoms with Crippen molar-refractivity contribution in [2.45, 2.75) is 0 Å². The van der Waals surface area contributed by atoms with Crippen LogP contribution in [0.1, 0.15) is 15.9 Å². The number of carbonyl (C=O) groups is 1. The van der Waals surface area contributed by atoms with Gasteiger partial charge in [-0.15, -0.1) is 10.2 Å². The molecule has 23 heavy (non-hydrogen) atoms. The minimum Gasteiger partial charge on any atom is -0.478 e. The van der Waals surface area contributed by atoms with Crippen molar-refractivity contribution in [2.75, 3.05) is 0 Å². The van der Waals surface area contributed by atoms with Crippen LogP contribution in [0.15, 0.2) is 48.8 Å². The molecule has 0 saturated carbocycles. The first kappa shape index (κ1) is 14.5. The van der Waals surface area contributed by atoms with E-state index in [0.29, 0.717) is 11.4 Å². The summed E-state index contributed by atoms with van der Waals surface area (Å²) in [6, 6.07) is 14.0. The second-order valence-electron chi connectivity index (χ2n) is 5.02. The molecule has 3 aromatic rings. The quantitative estimate of drug-likeness (QED) is 0.803. The van der Waals surface area contributed by atoms with Crippen molar-refractivity contribution in [1.29, 1.82) is 5.26 Å². The van der Waals surface area contributed by atoms with Crippen LogP contribution in [-0.2, 0) is 7.05 Å². The van der Waals surface area contributed by atoms with Crippen LogP contribution >= 0.6 is 0 Å². The van der Waals surface area contributed by atoms with Gasteiger partial charge in [0.05, 0.1) is 17.2 Å². The van der Waals surface area contributed by atoms with Crippen LogP contribution < -0.4 is 0 Å². The summed E-state index contributed by atoms with van der Waals surface area (Å²) in [4.78, 5) is 11.2. The molecular weight excluding hydrogens is 292 g/mol. The van der Waals surface area contributed by atoms with E-state index in [1.54, 1.807) is 41.2 Å². The van der Waals surface area contributed by atoms with Crippen LogP contribution in [0, 0.1) is 11.3 Å². The third-order valence-electron chi connectivity index (χ3n) is 3.52. The van der Waals surface area contributed by atoms with E-state index in [1.165, 1.54) is 6.07 Å². The first-order chi connectivity index (χ1) is 11.1. The zero-order chi connectivity index (χ0) is 16.4. The Morgan fingerprint density at radius 1 is 1.22 bits per heavy atom. The Bertz CT molecular complexity index is 938. The van der Waals surface area contributed by atoms with Gasteiger partial charge < -0.3 is 9.67 Å². The standard InChI is InChI=1S/C17H12N4O2/c1-21-10-19-20-16(21)15-7-11(9-18)5-6-14(15)12-3-2-4-13(8-12)17(22)23/h2-8,10H,1H3,(H,22,23).